The third kappa shape index (κ3) is 4.42. The number of para-hydroxylation sites is 1. The number of benzene rings is 2. The molecule has 2 aromatic carbocycles. The van der Waals surface area contributed by atoms with Crippen LogP contribution in [-0.4, -0.2) is 28.0 Å². The number of anilines is 2. The number of carbonyl (C=O) groups excluding carboxylic acids is 1. The van der Waals surface area contributed by atoms with Crippen LogP contribution in [0.25, 0.3) is 0 Å². The normalized spacial score (nSPS) is 13.8. The van der Waals surface area contributed by atoms with Crippen molar-refractivity contribution in [3.8, 4) is 5.75 Å². The molecule has 0 radical (unpaired) electrons. The molecule has 0 unspecified atom stereocenters. The molecule has 6 nitrogen and oxygen atoms in total. The molecule has 2 aromatic rings. The zero-order valence-electron chi connectivity index (χ0n) is 15.6. The smallest absolute Gasteiger partial charge is 0.237 e. The average Bonchev–Trinajstić information content (AvgIpc) is 2.66. The molecule has 3 rings (SSSR count). The molecule has 0 aliphatic carbocycles. The summed E-state index contributed by atoms with van der Waals surface area (Å²) in [6, 6.07) is 12.4. The van der Waals surface area contributed by atoms with E-state index in [0.717, 1.165) is 24.1 Å². The van der Waals surface area contributed by atoms with Gasteiger partial charge >= 0.3 is 0 Å². The van der Waals surface area contributed by atoms with Crippen molar-refractivity contribution >= 4 is 27.3 Å². The number of carbonyl (C=O) groups is 1. The van der Waals surface area contributed by atoms with Gasteiger partial charge in [0.15, 0.2) is 0 Å². The molecule has 0 fully saturated rings. The number of hydrogen-bond acceptors (Lipinski definition) is 4. The molecular formula is C20H24N2O4S. The van der Waals surface area contributed by atoms with Crippen LogP contribution in [0, 0.1) is 0 Å². The Bertz CT molecular complexity index is 941. The molecule has 1 heterocycles. The highest BCUT2D eigenvalue weighted by molar-refractivity contribution is 7.91. The fourth-order valence-corrected chi connectivity index (χ4v) is 4.56. The average molecular weight is 388 g/mol. The fourth-order valence-electron chi connectivity index (χ4n) is 3.35. The van der Waals surface area contributed by atoms with Crippen LogP contribution in [-0.2, 0) is 27.0 Å². The first-order valence-corrected chi connectivity index (χ1v) is 10.6. The summed E-state index contributed by atoms with van der Waals surface area (Å²) in [5.41, 5.74) is 2.97. The zero-order chi connectivity index (χ0) is 19.4. The van der Waals surface area contributed by atoms with E-state index in [1.54, 1.807) is 35.2 Å². The number of rotatable bonds is 6. The second-order valence-corrected chi connectivity index (χ2v) is 8.24. The van der Waals surface area contributed by atoms with Gasteiger partial charge in [-0.1, -0.05) is 25.1 Å². The van der Waals surface area contributed by atoms with Crippen LogP contribution in [0.15, 0.2) is 42.5 Å². The number of aryl methyl sites for hydroxylation is 1. The Labute approximate surface area is 160 Å². The van der Waals surface area contributed by atoms with Gasteiger partial charge in [0, 0.05) is 29.9 Å². The molecule has 0 aromatic heterocycles. The number of ether oxygens (including phenoxy) is 1. The van der Waals surface area contributed by atoms with E-state index in [1.165, 1.54) is 7.11 Å². The van der Waals surface area contributed by atoms with E-state index in [4.69, 9.17) is 4.74 Å². The maximum Gasteiger partial charge on any atom is 0.237 e. The SMILES string of the molecule is CCC(=O)N1CCCc2cc(NS(=O)(=O)Cc3ccccc3OC)ccc21. The van der Waals surface area contributed by atoms with Crippen LogP contribution in [0.2, 0.25) is 0 Å². The molecule has 1 aliphatic rings. The number of nitrogens with one attached hydrogen (secondary N) is 1. The Hall–Kier alpha value is -2.54. The zero-order valence-corrected chi connectivity index (χ0v) is 16.4. The van der Waals surface area contributed by atoms with Crippen molar-refractivity contribution < 1.29 is 17.9 Å². The molecule has 0 bridgehead atoms. The minimum atomic E-state index is -3.59. The summed E-state index contributed by atoms with van der Waals surface area (Å²) >= 11 is 0. The summed E-state index contributed by atoms with van der Waals surface area (Å²) in [6.45, 7) is 2.55. The summed E-state index contributed by atoms with van der Waals surface area (Å²) in [5, 5.41) is 0. The molecule has 7 heteroatoms. The second kappa shape index (κ2) is 8.00. The molecule has 0 atom stereocenters. The lowest BCUT2D eigenvalue weighted by molar-refractivity contribution is -0.118. The first-order chi connectivity index (χ1) is 12.9. The number of sulfonamides is 1. The maximum absolute atomic E-state index is 12.6. The van der Waals surface area contributed by atoms with Gasteiger partial charge in [-0.3, -0.25) is 9.52 Å². The summed E-state index contributed by atoms with van der Waals surface area (Å²) in [7, 11) is -2.07. The summed E-state index contributed by atoms with van der Waals surface area (Å²) in [6.07, 6.45) is 2.15. The van der Waals surface area contributed by atoms with Gasteiger partial charge in [-0.15, -0.1) is 0 Å². The van der Waals surface area contributed by atoms with Crippen LogP contribution in [0.5, 0.6) is 5.75 Å². The van der Waals surface area contributed by atoms with Crippen LogP contribution in [0.4, 0.5) is 11.4 Å². The van der Waals surface area contributed by atoms with E-state index in [9.17, 15) is 13.2 Å². The van der Waals surface area contributed by atoms with E-state index in [2.05, 4.69) is 4.72 Å². The number of fused-ring (bicyclic) bond motifs is 1. The molecule has 0 saturated carbocycles. The van der Waals surface area contributed by atoms with Gasteiger partial charge in [-0.2, -0.15) is 0 Å². The Balaban J connectivity index is 1.80. The van der Waals surface area contributed by atoms with E-state index in [1.807, 2.05) is 19.1 Å². The van der Waals surface area contributed by atoms with Crippen LogP contribution >= 0.6 is 0 Å². The molecule has 144 valence electrons. The number of amides is 1. The number of methoxy groups -OCH3 is 1. The third-order valence-corrected chi connectivity index (χ3v) is 5.85. The Morgan fingerprint density at radius 3 is 2.74 bits per heavy atom. The molecule has 1 aliphatic heterocycles. The van der Waals surface area contributed by atoms with E-state index in [0.29, 0.717) is 30.0 Å². The van der Waals surface area contributed by atoms with Gasteiger partial charge in [-0.25, -0.2) is 8.42 Å². The van der Waals surface area contributed by atoms with Crippen LogP contribution < -0.4 is 14.4 Å². The number of hydrogen-bond donors (Lipinski definition) is 1. The summed E-state index contributed by atoms with van der Waals surface area (Å²) in [4.78, 5) is 13.9. The molecule has 1 amide bonds. The first-order valence-electron chi connectivity index (χ1n) is 8.99. The highest BCUT2D eigenvalue weighted by atomic mass is 32.2. The van der Waals surface area contributed by atoms with Crippen molar-refractivity contribution in [1.29, 1.82) is 0 Å². The lowest BCUT2D eigenvalue weighted by atomic mass is 10.0. The lowest BCUT2D eigenvalue weighted by Gasteiger charge is -2.29. The quantitative estimate of drug-likeness (QED) is 0.824. The minimum Gasteiger partial charge on any atom is -0.496 e. The van der Waals surface area contributed by atoms with Crippen molar-refractivity contribution in [3.05, 3.63) is 53.6 Å². The molecule has 0 spiro atoms. The largest absolute Gasteiger partial charge is 0.496 e. The van der Waals surface area contributed by atoms with E-state index >= 15 is 0 Å². The van der Waals surface area contributed by atoms with Crippen molar-refractivity contribution in [2.75, 3.05) is 23.3 Å². The molecule has 1 N–H and O–H groups in total. The van der Waals surface area contributed by atoms with E-state index < -0.39 is 10.0 Å². The predicted octanol–water partition coefficient (Wildman–Crippen LogP) is 3.33. The monoisotopic (exact) mass is 388 g/mol. The fraction of sp³-hybridized carbons (Fsp3) is 0.350. The maximum atomic E-state index is 12.6. The van der Waals surface area contributed by atoms with Crippen molar-refractivity contribution in [3.63, 3.8) is 0 Å². The second-order valence-electron chi connectivity index (χ2n) is 6.52. The minimum absolute atomic E-state index is 0.0838. The Kier molecular flexibility index (Phi) is 5.70. The summed E-state index contributed by atoms with van der Waals surface area (Å²) < 4.78 is 33.1. The topological polar surface area (TPSA) is 75.7 Å². The van der Waals surface area contributed by atoms with Gasteiger partial charge in [-0.05, 0) is 42.7 Å². The summed E-state index contributed by atoms with van der Waals surface area (Å²) in [5.74, 6) is 0.455. The Morgan fingerprint density at radius 1 is 1.22 bits per heavy atom. The highest BCUT2D eigenvalue weighted by Gasteiger charge is 2.22. The van der Waals surface area contributed by atoms with Crippen molar-refractivity contribution in [2.45, 2.75) is 31.9 Å². The Morgan fingerprint density at radius 2 is 2.00 bits per heavy atom. The van der Waals surface area contributed by atoms with Gasteiger partial charge in [0.25, 0.3) is 0 Å². The van der Waals surface area contributed by atoms with E-state index in [-0.39, 0.29) is 11.7 Å². The predicted molar refractivity (Wildman–Crippen MR) is 107 cm³/mol. The van der Waals surface area contributed by atoms with Crippen LogP contribution in [0.3, 0.4) is 0 Å². The lowest BCUT2D eigenvalue weighted by Crippen LogP contribution is -2.34. The van der Waals surface area contributed by atoms with Gasteiger partial charge in [0.05, 0.1) is 12.9 Å². The van der Waals surface area contributed by atoms with Gasteiger partial charge < -0.3 is 9.64 Å². The van der Waals surface area contributed by atoms with Crippen molar-refractivity contribution in [2.24, 2.45) is 0 Å². The molecule has 27 heavy (non-hydrogen) atoms. The highest BCUT2D eigenvalue weighted by Crippen LogP contribution is 2.31. The van der Waals surface area contributed by atoms with Gasteiger partial charge in [0.2, 0.25) is 15.9 Å². The molecule has 0 saturated heterocycles. The number of nitrogens with zero attached hydrogens (tertiary/aromatic N) is 1. The third-order valence-electron chi connectivity index (χ3n) is 4.61. The standard InChI is InChI=1S/C20H24N2O4S/c1-3-20(23)22-12-6-8-15-13-17(10-11-18(15)22)21-27(24,25)14-16-7-4-5-9-19(16)26-2/h4-5,7,9-11,13,21H,3,6,8,12,14H2,1-2H3. The first kappa shape index (κ1) is 19.2. The molecular weight excluding hydrogens is 364 g/mol. The van der Waals surface area contributed by atoms with Crippen LogP contribution in [0.1, 0.15) is 30.9 Å². The van der Waals surface area contributed by atoms with Gasteiger partial charge in [0.1, 0.15) is 5.75 Å². The van der Waals surface area contributed by atoms with Crippen molar-refractivity contribution in [1.82, 2.24) is 0 Å².